The molecule has 9 heteroatoms. The van der Waals surface area contributed by atoms with Gasteiger partial charge in [-0.2, -0.15) is 0 Å². The molecule has 0 aliphatic rings. The highest BCUT2D eigenvalue weighted by Crippen LogP contribution is 2.28. The fourth-order valence-electron chi connectivity index (χ4n) is 2.90. The van der Waals surface area contributed by atoms with Crippen LogP contribution in [0, 0.1) is 5.92 Å². The SMILES string of the molecule is CCOc1ccc(C(=O)N[C@H](C(=O)OC(C)C(=O)Nc2cc(Cl)ccc2OC)C(C)C)cc1. The molecule has 0 saturated heterocycles. The first-order chi connectivity index (χ1) is 15.7. The van der Waals surface area contributed by atoms with Crippen LogP contribution in [0.25, 0.3) is 0 Å². The van der Waals surface area contributed by atoms with Gasteiger partial charge >= 0.3 is 5.97 Å². The lowest BCUT2D eigenvalue weighted by atomic mass is 10.0. The van der Waals surface area contributed by atoms with E-state index < -0.39 is 29.9 Å². The van der Waals surface area contributed by atoms with Gasteiger partial charge in [0.15, 0.2) is 6.10 Å². The molecule has 1 unspecified atom stereocenters. The van der Waals surface area contributed by atoms with Crippen molar-refractivity contribution in [1.82, 2.24) is 5.32 Å². The number of hydrogen-bond acceptors (Lipinski definition) is 6. The number of amides is 2. The number of carbonyl (C=O) groups excluding carboxylic acids is 3. The normalized spacial score (nSPS) is 12.5. The zero-order chi connectivity index (χ0) is 24.5. The Bertz CT molecular complexity index is 977. The summed E-state index contributed by atoms with van der Waals surface area (Å²) in [6, 6.07) is 10.4. The Labute approximate surface area is 198 Å². The summed E-state index contributed by atoms with van der Waals surface area (Å²) in [5.41, 5.74) is 0.720. The number of methoxy groups -OCH3 is 1. The van der Waals surface area contributed by atoms with Crippen LogP contribution in [0.2, 0.25) is 5.02 Å². The van der Waals surface area contributed by atoms with Crippen LogP contribution in [0.15, 0.2) is 42.5 Å². The summed E-state index contributed by atoms with van der Waals surface area (Å²) < 4.78 is 15.9. The van der Waals surface area contributed by atoms with Crippen LogP contribution in [-0.2, 0) is 14.3 Å². The zero-order valence-electron chi connectivity index (χ0n) is 19.3. The van der Waals surface area contributed by atoms with E-state index in [4.69, 9.17) is 25.8 Å². The number of esters is 1. The van der Waals surface area contributed by atoms with Crippen LogP contribution < -0.4 is 20.1 Å². The van der Waals surface area contributed by atoms with E-state index in [0.717, 1.165) is 0 Å². The first kappa shape index (κ1) is 26.0. The molecule has 2 aromatic carbocycles. The smallest absolute Gasteiger partial charge is 0.329 e. The third kappa shape index (κ3) is 7.39. The molecule has 0 aliphatic carbocycles. The summed E-state index contributed by atoms with van der Waals surface area (Å²) in [4.78, 5) is 37.9. The van der Waals surface area contributed by atoms with Crippen molar-refractivity contribution in [2.24, 2.45) is 5.92 Å². The second-order valence-corrected chi connectivity index (χ2v) is 8.00. The lowest BCUT2D eigenvalue weighted by molar-refractivity contribution is -0.156. The Balaban J connectivity index is 2.03. The minimum atomic E-state index is -1.12. The maximum atomic E-state index is 12.8. The monoisotopic (exact) mass is 476 g/mol. The predicted octanol–water partition coefficient (Wildman–Crippen LogP) is 4.07. The molecule has 8 nitrogen and oxygen atoms in total. The van der Waals surface area contributed by atoms with Gasteiger partial charge in [0.25, 0.3) is 11.8 Å². The van der Waals surface area contributed by atoms with Crippen molar-refractivity contribution in [3.63, 3.8) is 0 Å². The second kappa shape index (κ2) is 12.1. The summed E-state index contributed by atoms with van der Waals surface area (Å²) in [5.74, 6) is -0.935. The Morgan fingerprint density at radius 3 is 2.27 bits per heavy atom. The van der Waals surface area contributed by atoms with Gasteiger partial charge in [0.05, 0.1) is 19.4 Å². The lowest BCUT2D eigenvalue weighted by Crippen LogP contribution is -2.47. The van der Waals surface area contributed by atoms with Gasteiger partial charge in [-0.05, 0) is 62.2 Å². The zero-order valence-corrected chi connectivity index (χ0v) is 20.1. The average Bonchev–Trinajstić information content (AvgIpc) is 2.77. The molecule has 0 saturated carbocycles. The van der Waals surface area contributed by atoms with Crippen molar-refractivity contribution in [2.45, 2.75) is 39.8 Å². The molecule has 33 heavy (non-hydrogen) atoms. The summed E-state index contributed by atoms with van der Waals surface area (Å²) in [6.45, 7) is 7.36. The number of nitrogens with one attached hydrogen (secondary N) is 2. The van der Waals surface area contributed by atoms with E-state index in [2.05, 4.69) is 10.6 Å². The van der Waals surface area contributed by atoms with Crippen molar-refractivity contribution in [3.8, 4) is 11.5 Å². The number of hydrogen-bond donors (Lipinski definition) is 2. The van der Waals surface area contributed by atoms with Gasteiger partial charge in [0.2, 0.25) is 0 Å². The number of anilines is 1. The summed E-state index contributed by atoms with van der Waals surface area (Å²) in [6.07, 6.45) is -1.12. The van der Waals surface area contributed by atoms with Crippen LogP contribution in [0.4, 0.5) is 5.69 Å². The van der Waals surface area contributed by atoms with Gasteiger partial charge in [0.1, 0.15) is 17.5 Å². The first-order valence-electron chi connectivity index (χ1n) is 10.5. The minimum absolute atomic E-state index is 0.271. The number of carbonyl (C=O) groups is 3. The minimum Gasteiger partial charge on any atom is -0.495 e. The molecule has 0 fully saturated rings. The van der Waals surface area contributed by atoms with Crippen LogP contribution in [0.5, 0.6) is 11.5 Å². The van der Waals surface area contributed by atoms with E-state index in [0.29, 0.717) is 34.4 Å². The Morgan fingerprint density at radius 1 is 1.03 bits per heavy atom. The maximum absolute atomic E-state index is 12.8. The molecule has 0 aliphatic heterocycles. The molecular weight excluding hydrogens is 448 g/mol. The maximum Gasteiger partial charge on any atom is 0.329 e. The molecule has 0 heterocycles. The van der Waals surface area contributed by atoms with E-state index >= 15 is 0 Å². The molecule has 0 bridgehead atoms. The standard InChI is InChI=1S/C24H29ClN2O6/c1-6-32-18-10-7-16(8-11-18)23(29)27-21(14(2)3)24(30)33-15(4)22(28)26-19-13-17(25)9-12-20(19)31-5/h7-15,21H,6H2,1-5H3,(H,26,28)(H,27,29)/t15?,21-/m0/s1. The fraction of sp³-hybridized carbons (Fsp3) is 0.375. The van der Waals surface area contributed by atoms with Crippen LogP contribution >= 0.6 is 11.6 Å². The van der Waals surface area contributed by atoms with Crippen molar-refractivity contribution in [2.75, 3.05) is 19.0 Å². The van der Waals surface area contributed by atoms with E-state index in [1.807, 2.05) is 6.92 Å². The quantitative estimate of drug-likeness (QED) is 0.501. The van der Waals surface area contributed by atoms with Crippen molar-refractivity contribution >= 4 is 35.1 Å². The average molecular weight is 477 g/mol. The Kier molecular flexibility index (Phi) is 9.54. The van der Waals surface area contributed by atoms with Crippen LogP contribution in [0.1, 0.15) is 38.1 Å². The number of benzene rings is 2. The molecule has 0 aromatic heterocycles. The molecule has 2 N–H and O–H groups in total. The van der Waals surface area contributed by atoms with Gasteiger partial charge in [-0.3, -0.25) is 9.59 Å². The topological polar surface area (TPSA) is 103 Å². The van der Waals surface area contributed by atoms with E-state index in [9.17, 15) is 14.4 Å². The van der Waals surface area contributed by atoms with Crippen molar-refractivity contribution < 1.29 is 28.6 Å². The molecule has 2 atom stereocenters. The molecule has 2 amide bonds. The van der Waals surface area contributed by atoms with E-state index in [-0.39, 0.29) is 5.92 Å². The molecule has 2 rings (SSSR count). The lowest BCUT2D eigenvalue weighted by Gasteiger charge is -2.23. The van der Waals surface area contributed by atoms with Crippen LogP contribution in [-0.4, -0.2) is 43.6 Å². The molecule has 2 aromatic rings. The van der Waals surface area contributed by atoms with Gasteiger partial charge < -0.3 is 24.8 Å². The largest absolute Gasteiger partial charge is 0.495 e. The number of rotatable bonds is 10. The molecule has 0 spiro atoms. The molecular formula is C24H29ClN2O6. The Morgan fingerprint density at radius 2 is 1.70 bits per heavy atom. The van der Waals surface area contributed by atoms with Gasteiger partial charge in [-0.25, -0.2) is 4.79 Å². The number of ether oxygens (including phenoxy) is 3. The highest BCUT2D eigenvalue weighted by atomic mass is 35.5. The summed E-state index contributed by atoms with van der Waals surface area (Å²) in [5, 5.41) is 5.72. The van der Waals surface area contributed by atoms with E-state index in [1.165, 1.54) is 20.1 Å². The van der Waals surface area contributed by atoms with Gasteiger partial charge in [0, 0.05) is 10.6 Å². The highest BCUT2D eigenvalue weighted by Gasteiger charge is 2.29. The molecule has 0 radical (unpaired) electrons. The van der Waals surface area contributed by atoms with Gasteiger partial charge in [-0.15, -0.1) is 0 Å². The molecule has 178 valence electrons. The fourth-order valence-corrected chi connectivity index (χ4v) is 3.08. The highest BCUT2D eigenvalue weighted by molar-refractivity contribution is 6.31. The second-order valence-electron chi connectivity index (χ2n) is 7.57. The van der Waals surface area contributed by atoms with Gasteiger partial charge in [-0.1, -0.05) is 25.4 Å². The Hall–Kier alpha value is -3.26. The van der Waals surface area contributed by atoms with Crippen molar-refractivity contribution in [3.05, 3.63) is 53.1 Å². The number of halogens is 1. The summed E-state index contributed by atoms with van der Waals surface area (Å²) in [7, 11) is 1.46. The predicted molar refractivity (Wildman–Crippen MR) is 126 cm³/mol. The van der Waals surface area contributed by atoms with Crippen LogP contribution in [0.3, 0.4) is 0 Å². The summed E-state index contributed by atoms with van der Waals surface area (Å²) >= 11 is 5.98. The van der Waals surface area contributed by atoms with E-state index in [1.54, 1.807) is 50.2 Å². The third-order valence-corrected chi connectivity index (χ3v) is 4.95. The third-order valence-electron chi connectivity index (χ3n) is 4.72. The first-order valence-corrected chi connectivity index (χ1v) is 10.9. The van der Waals surface area contributed by atoms with Crippen molar-refractivity contribution in [1.29, 1.82) is 0 Å².